The molecule has 1 unspecified atom stereocenters. The molecule has 0 radical (unpaired) electrons. The molecule has 2 heterocycles. The molecular formula is C12H18N4S. The third kappa shape index (κ3) is 2.26. The lowest BCUT2D eigenvalue weighted by molar-refractivity contribution is 0.630. The Hall–Kier alpha value is -1.17. The fourth-order valence-corrected chi connectivity index (χ4v) is 2.85. The summed E-state index contributed by atoms with van der Waals surface area (Å²) < 4.78 is 1.85. The lowest BCUT2D eigenvalue weighted by Crippen LogP contribution is -2.29. The highest BCUT2D eigenvalue weighted by Gasteiger charge is 2.20. The molecule has 0 aromatic carbocycles. The van der Waals surface area contributed by atoms with Crippen LogP contribution in [-0.4, -0.2) is 9.78 Å². The summed E-state index contributed by atoms with van der Waals surface area (Å²) in [5.74, 6) is 5.72. The van der Waals surface area contributed by atoms with Gasteiger partial charge in [-0.1, -0.05) is 6.92 Å². The van der Waals surface area contributed by atoms with E-state index in [1.54, 1.807) is 11.3 Å². The summed E-state index contributed by atoms with van der Waals surface area (Å²) in [6.07, 6.45) is 2.96. The number of aryl methyl sites for hydroxylation is 3. The smallest absolute Gasteiger partial charge is 0.0754 e. The number of hydrazine groups is 1. The van der Waals surface area contributed by atoms with Crippen molar-refractivity contribution in [3.8, 4) is 0 Å². The number of nitrogens with one attached hydrogen (secondary N) is 1. The summed E-state index contributed by atoms with van der Waals surface area (Å²) in [7, 11) is 1.94. The maximum Gasteiger partial charge on any atom is 0.0754 e. The second-order valence-corrected chi connectivity index (χ2v) is 5.21. The van der Waals surface area contributed by atoms with Gasteiger partial charge in [0.15, 0.2) is 0 Å². The van der Waals surface area contributed by atoms with Crippen molar-refractivity contribution < 1.29 is 0 Å². The van der Waals surface area contributed by atoms with E-state index in [-0.39, 0.29) is 6.04 Å². The van der Waals surface area contributed by atoms with Gasteiger partial charge in [-0.3, -0.25) is 10.5 Å². The van der Waals surface area contributed by atoms with Gasteiger partial charge in [0.25, 0.3) is 0 Å². The number of thiophene rings is 1. The third-order valence-electron chi connectivity index (χ3n) is 2.96. The van der Waals surface area contributed by atoms with Gasteiger partial charge in [-0.05, 0) is 30.4 Å². The summed E-state index contributed by atoms with van der Waals surface area (Å²) in [4.78, 5) is 1.29. The monoisotopic (exact) mass is 250 g/mol. The molecule has 4 nitrogen and oxygen atoms in total. The Morgan fingerprint density at radius 3 is 2.82 bits per heavy atom. The third-order valence-corrected chi connectivity index (χ3v) is 3.82. The van der Waals surface area contributed by atoms with Crippen molar-refractivity contribution in [3.63, 3.8) is 0 Å². The number of hydrogen-bond acceptors (Lipinski definition) is 4. The van der Waals surface area contributed by atoms with Crippen LogP contribution in [0.25, 0.3) is 0 Å². The van der Waals surface area contributed by atoms with E-state index in [0.29, 0.717) is 0 Å². The maximum atomic E-state index is 5.72. The SMILES string of the molecule is CCc1nn(C)cc1C(NN)c1ccsc1C. The molecule has 0 saturated carbocycles. The average Bonchev–Trinajstić information content (AvgIpc) is 2.88. The van der Waals surface area contributed by atoms with Crippen LogP contribution in [0.1, 0.15) is 34.7 Å². The Balaban J connectivity index is 2.45. The van der Waals surface area contributed by atoms with Crippen LogP contribution in [0.5, 0.6) is 0 Å². The largest absolute Gasteiger partial charge is 0.275 e. The van der Waals surface area contributed by atoms with Crippen LogP contribution in [0, 0.1) is 6.92 Å². The fourth-order valence-electron chi connectivity index (χ4n) is 2.11. The Morgan fingerprint density at radius 2 is 2.29 bits per heavy atom. The Kier molecular flexibility index (Phi) is 3.61. The summed E-state index contributed by atoms with van der Waals surface area (Å²) in [5.41, 5.74) is 6.40. The molecule has 92 valence electrons. The second kappa shape index (κ2) is 5.00. The Bertz CT molecular complexity index is 500. The van der Waals surface area contributed by atoms with Crippen molar-refractivity contribution in [2.75, 3.05) is 0 Å². The van der Waals surface area contributed by atoms with Gasteiger partial charge in [-0.15, -0.1) is 11.3 Å². The number of nitrogens with two attached hydrogens (primary N) is 1. The van der Waals surface area contributed by atoms with Gasteiger partial charge in [0.2, 0.25) is 0 Å². The highest BCUT2D eigenvalue weighted by atomic mass is 32.1. The first-order valence-electron chi connectivity index (χ1n) is 5.69. The molecule has 2 aromatic rings. The molecule has 0 saturated heterocycles. The van der Waals surface area contributed by atoms with Gasteiger partial charge in [0, 0.05) is 23.7 Å². The number of nitrogens with zero attached hydrogens (tertiary/aromatic N) is 2. The van der Waals surface area contributed by atoms with E-state index in [1.165, 1.54) is 16.0 Å². The van der Waals surface area contributed by atoms with E-state index in [1.807, 2.05) is 17.9 Å². The lowest BCUT2D eigenvalue weighted by Gasteiger charge is -2.15. The lowest BCUT2D eigenvalue weighted by atomic mass is 10.00. The molecule has 0 bridgehead atoms. The molecule has 3 N–H and O–H groups in total. The molecule has 0 aliphatic heterocycles. The number of aromatic nitrogens is 2. The van der Waals surface area contributed by atoms with E-state index in [9.17, 15) is 0 Å². The molecule has 0 fully saturated rings. The van der Waals surface area contributed by atoms with E-state index >= 15 is 0 Å². The fraction of sp³-hybridized carbons (Fsp3) is 0.417. The average molecular weight is 250 g/mol. The molecule has 5 heteroatoms. The van der Waals surface area contributed by atoms with Crippen LogP contribution in [0.3, 0.4) is 0 Å². The van der Waals surface area contributed by atoms with E-state index in [0.717, 1.165) is 12.1 Å². The quantitative estimate of drug-likeness (QED) is 0.644. The minimum Gasteiger partial charge on any atom is -0.275 e. The van der Waals surface area contributed by atoms with Crippen LogP contribution in [0.4, 0.5) is 0 Å². The van der Waals surface area contributed by atoms with Gasteiger partial charge in [0.1, 0.15) is 0 Å². The topological polar surface area (TPSA) is 55.9 Å². The summed E-state index contributed by atoms with van der Waals surface area (Å²) >= 11 is 1.74. The van der Waals surface area contributed by atoms with Crippen LogP contribution < -0.4 is 11.3 Å². The van der Waals surface area contributed by atoms with E-state index in [2.05, 4.69) is 35.8 Å². The van der Waals surface area contributed by atoms with Crippen LogP contribution >= 0.6 is 11.3 Å². The summed E-state index contributed by atoms with van der Waals surface area (Å²) in [5, 5.41) is 6.56. The Morgan fingerprint density at radius 1 is 1.53 bits per heavy atom. The van der Waals surface area contributed by atoms with Gasteiger partial charge in [-0.25, -0.2) is 5.43 Å². The summed E-state index contributed by atoms with van der Waals surface area (Å²) in [6.45, 7) is 4.23. The van der Waals surface area contributed by atoms with Crippen LogP contribution in [0.15, 0.2) is 17.6 Å². The van der Waals surface area contributed by atoms with E-state index in [4.69, 9.17) is 5.84 Å². The zero-order valence-corrected chi connectivity index (χ0v) is 11.2. The first-order valence-corrected chi connectivity index (χ1v) is 6.57. The normalized spacial score (nSPS) is 12.9. The standard InChI is InChI=1S/C12H18N4S/c1-4-11-10(7-16(3)15-11)12(14-13)9-5-6-17-8(9)2/h5-7,12,14H,4,13H2,1-3H3. The molecule has 0 aliphatic rings. The highest BCUT2D eigenvalue weighted by molar-refractivity contribution is 7.10. The Labute approximate surface area is 105 Å². The van der Waals surface area contributed by atoms with Crippen molar-refractivity contribution in [1.82, 2.24) is 15.2 Å². The predicted molar refractivity (Wildman–Crippen MR) is 70.8 cm³/mol. The number of hydrogen-bond donors (Lipinski definition) is 2. The maximum absolute atomic E-state index is 5.72. The second-order valence-electron chi connectivity index (χ2n) is 4.09. The van der Waals surface area contributed by atoms with Crippen LogP contribution in [0.2, 0.25) is 0 Å². The molecule has 1 atom stereocenters. The molecule has 2 rings (SSSR count). The van der Waals surface area contributed by atoms with Gasteiger partial charge in [0.05, 0.1) is 11.7 Å². The molecule has 0 aliphatic carbocycles. The van der Waals surface area contributed by atoms with E-state index < -0.39 is 0 Å². The molecule has 17 heavy (non-hydrogen) atoms. The molecule has 0 spiro atoms. The van der Waals surface area contributed by atoms with Crippen LogP contribution in [-0.2, 0) is 13.5 Å². The van der Waals surface area contributed by atoms with Crippen molar-refractivity contribution >= 4 is 11.3 Å². The number of rotatable bonds is 4. The predicted octanol–water partition coefficient (Wildman–Crippen LogP) is 1.91. The van der Waals surface area contributed by atoms with Gasteiger partial charge >= 0.3 is 0 Å². The summed E-state index contributed by atoms with van der Waals surface area (Å²) in [6, 6.07) is 2.15. The minimum atomic E-state index is 0.0323. The van der Waals surface area contributed by atoms with Crippen molar-refractivity contribution in [2.45, 2.75) is 26.3 Å². The zero-order chi connectivity index (χ0) is 12.4. The highest BCUT2D eigenvalue weighted by Crippen LogP contribution is 2.29. The van der Waals surface area contributed by atoms with Crippen molar-refractivity contribution in [2.24, 2.45) is 12.9 Å². The first kappa shape index (κ1) is 12.3. The van der Waals surface area contributed by atoms with Gasteiger partial charge in [-0.2, -0.15) is 5.10 Å². The van der Waals surface area contributed by atoms with Crippen molar-refractivity contribution in [1.29, 1.82) is 0 Å². The molecular weight excluding hydrogens is 232 g/mol. The minimum absolute atomic E-state index is 0.0323. The van der Waals surface area contributed by atoms with Gasteiger partial charge < -0.3 is 0 Å². The molecule has 2 aromatic heterocycles. The zero-order valence-electron chi connectivity index (χ0n) is 10.4. The first-order chi connectivity index (χ1) is 8.17. The molecule has 0 amide bonds. The van der Waals surface area contributed by atoms with Crippen molar-refractivity contribution in [3.05, 3.63) is 39.3 Å².